The van der Waals surface area contributed by atoms with E-state index >= 15 is 0 Å². The summed E-state index contributed by atoms with van der Waals surface area (Å²) in [7, 11) is 1.64. The van der Waals surface area contributed by atoms with E-state index in [1.165, 1.54) is 17.0 Å². The minimum absolute atomic E-state index is 0.0294. The average Bonchev–Trinajstić information content (AvgIpc) is 3.47. The molecule has 13 heteroatoms. The van der Waals surface area contributed by atoms with Crippen molar-refractivity contribution in [1.82, 2.24) is 34.9 Å². The summed E-state index contributed by atoms with van der Waals surface area (Å²) in [6.07, 6.45) is 4.08. The standard InChI is InChI=1S/C29H32ClFN8O3/c1-37(28(40)33-16-22-8-4-10-24(31)27(22)30)23(9-5-11-38-12-13-39-19-34-36-26(39)17-38)18-42-29(41)35-25-14-20-6-2-3-7-21(20)15-32-25/h2-4,6-8,10,14-15,19,23H,5,9,11-13,16-18H2,1H3,(H,33,40)(H,32,35,41)/t23-/m0/s1. The maximum atomic E-state index is 13.8. The second-order valence-electron chi connectivity index (χ2n) is 10.1. The van der Waals surface area contributed by atoms with Gasteiger partial charge in [0.2, 0.25) is 0 Å². The van der Waals surface area contributed by atoms with Crippen LogP contribution < -0.4 is 10.6 Å². The molecule has 0 saturated carbocycles. The molecule has 3 amide bonds. The topological polar surface area (TPSA) is 118 Å². The van der Waals surface area contributed by atoms with Gasteiger partial charge in [0.1, 0.15) is 30.4 Å². The van der Waals surface area contributed by atoms with Crippen molar-refractivity contribution in [2.75, 3.05) is 32.1 Å². The summed E-state index contributed by atoms with van der Waals surface area (Å²) < 4.78 is 21.4. The van der Waals surface area contributed by atoms with Crippen molar-refractivity contribution >= 4 is 40.3 Å². The molecule has 0 radical (unpaired) electrons. The number of benzene rings is 2. The molecule has 1 aliphatic rings. The van der Waals surface area contributed by atoms with Crippen molar-refractivity contribution in [3.05, 3.63) is 83.3 Å². The molecule has 1 aliphatic heterocycles. The van der Waals surface area contributed by atoms with E-state index in [0.717, 1.165) is 42.7 Å². The summed E-state index contributed by atoms with van der Waals surface area (Å²) in [5.74, 6) is 0.741. The molecule has 0 aliphatic carbocycles. The Balaban J connectivity index is 1.18. The molecular weight excluding hydrogens is 563 g/mol. The van der Waals surface area contributed by atoms with E-state index < -0.39 is 24.0 Å². The Morgan fingerprint density at radius 1 is 1.17 bits per heavy atom. The van der Waals surface area contributed by atoms with Crippen LogP contribution in [0.25, 0.3) is 10.8 Å². The molecule has 0 unspecified atom stereocenters. The molecule has 11 nitrogen and oxygen atoms in total. The second-order valence-corrected chi connectivity index (χ2v) is 10.5. The highest BCUT2D eigenvalue weighted by Gasteiger charge is 2.24. The van der Waals surface area contributed by atoms with Gasteiger partial charge in [-0.05, 0) is 42.5 Å². The minimum Gasteiger partial charge on any atom is -0.447 e. The molecule has 3 heterocycles. The fourth-order valence-corrected chi connectivity index (χ4v) is 5.05. The number of aromatic nitrogens is 4. The van der Waals surface area contributed by atoms with Gasteiger partial charge in [0.05, 0.1) is 17.6 Å². The second kappa shape index (κ2) is 13.6. The third-order valence-corrected chi connectivity index (χ3v) is 7.75. The van der Waals surface area contributed by atoms with Gasteiger partial charge in [-0.1, -0.05) is 48.0 Å². The monoisotopic (exact) mass is 594 g/mol. The van der Waals surface area contributed by atoms with Gasteiger partial charge in [0.25, 0.3) is 0 Å². The number of anilines is 1. The van der Waals surface area contributed by atoms with Crippen LogP contribution in [0.2, 0.25) is 5.02 Å². The van der Waals surface area contributed by atoms with Crippen LogP contribution in [0.3, 0.4) is 0 Å². The molecule has 5 rings (SSSR count). The van der Waals surface area contributed by atoms with Gasteiger partial charge >= 0.3 is 12.1 Å². The third-order valence-electron chi connectivity index (χ3n) is 7.33. The van der Waals surface area contributed by atoms with Crippen molar-refractivity contribution in [3.8, 4) is 0 Å². The zero-order chi connectivity index (χ0) is 29.5. The number of pyridine rings is 1. The van der Waals surface area contributed by atoms with E-state index in [4.69, 9.17) is 16.3 Å². The van der Waals surface area contributed by atoms with Gasteiger partial charge in [-0.2, -0.15) is 0 Å². The Labute approximate surface area is 247 Å². The number of carbonyl (C=O) groups is 2. The summed E-state index contributed by atoms with van der Waals surface area (Å²) in [6.45, 7) is 3.20. The van der Waals surface area contributed by atoms with Crippen molar-refractivity contribution in [3.63, 3.8) is 0 Å². The number of amides is 3. The highest BCUT2D eigenvalue weighted by atomic mass is 35.5. The van der Waals surface area contributed by atoms with Crippen LogP contribution in [0.1, 0.15) is 24.2 Å². The Morgan fingerprint density at radius 2 is 2.00 bits per heavy atom. The summed E-state index contributed by atoms with van der Waals surface area (Å²) in [6, 6.07) is 13.1. The minimum atomic E-state index is -0.668. The number of nitrogens with zero attached hydrogens (tertiary/aromatic N) is 6. The summed E-state index contributed by atoms with van der Waals surface area (Å²) >= 11 is 6.04. The highest BCUT2D eigenvalue weighted by molar-refractivity contribution is 6.31. The first-order valence-electron chi connectivity index (χ1n) is 13.7. The predicted octanol–water partition coefficient (Wildman–Crippen LogP) is 4.67. The van der Waals surface area contributed by atoms with Gasteiger partial charge in [0, 0.05) is 38.3 Å². The summed E-state index contributed by atoms with van der Waals surface area (Å²) in [4.78, 5) is 33.8. The number of likely N-dealkylation sites (N-methyl/N-ethyl adjacent to an activating group) is 1. The lowest BCUT2D eigenvalue weighted by atomic mass is 10.1. The van der Waals surface area contributed by atoms with Crippen molar-refractivity contribution in [2.24, 2.45) is 0 Å². The van der Waals surface area contributed by atoms with Gasteiger partial charge in [-0.15, -0.1) is 10.2 Å². The van der Waals surface area contributed by atoms with Crippen LogP contribution in [0.4, 0.5) is 19.8 Å². The number of rotatable bonds is 10. The zero-order valence-electron chi connectivity index (χ0n) is 23.2. The number of carbonyl (C=O) groups excluding carboxylic acids is 2. The Bertz CT molecular complexity index is 1550. The van der Waals surface area contributed by atoms with Crippen LogP contribution in [-0.2, 0) is 24.4 Å². The number of hydrogen-bond acceptors (Lipinski definition) is 7. The molecule has 2 aromatic carbocycles. The van der Waals surface area contributed by atoms with E-state index in [0.29, 0.717) is 24.3 Å². The maximum Gasteiger partial charge on any atom is 0.412 e. The van der Waals surface area contributed by atoms with E-state index in [2.05, 4.69) is 30.7 Å². The van der Waals surface area contributed by atoms with Crippen LogP contribution in [0, 0.1) is 5.82 Å². The highest BCUT2D eigenvalue weighted by Crippen LogP contribution is 2.20. The Morgan fingerprint density at radius 3 is 2.86 bits per heavy atom. The molecule has 1 atom stereocenters. The number of ether oxygens (including phenoxy) is 1. The lowest BCUT2D eigenvalue weighted by molar-refractivity contribution is 0.110. The van der Waals surface area contributed by atoms with E-state index in [9.17, 15) is 14.0 Å². The van der Waals surface area contributed by atoms with Crippen LogP contribution >= 0.6 is 11.6 Å². The number of urea groups is 1. The molecule has 2 aromatic heterocycles. The van der Waals surface area contributed by atoms with Gasteiger partial charge in [-0.25, -0.2) is 19.0 Å². The van der Waals surface area contributed by atoms with Crippen molar-refractivity contribution in [1.29, 1.82) is 0 Å². The third kappa shape index (κ3) is 7.31. The number of halogens is 2. The maximum absolute atomic E-state index is 13.8. The van der Waals surface area contributed by atoms with Gasteiger partial charge in [0.15, 0.2) is 0 Å². The first-order chi connectivity index (χ1) is 20.4. The zero-order valence-corrected chi connectivity index (χ0v) is 23.9. The molecule has 42 heavy (non-hydrogen) atoms. The van der Waals surface area contributed by atoms with Crippen LogP contribution in [0.5, 0.6) is 0 Å². The van der Waals surface area contributed by atoms with E-state index in [1.807, 2.05) is 28.8 Å². The lowest BCUT2D eigenvalue weighted by Gasteiger charge is -2.30. The first kappa shape index (κ1) is 29.2. The average molecular weight is 595 g/mol. The molecule has 0 saturated heterocycles. The number of hydrogen-bond donors (Lipinski definition) is 2. The van der Waals surface area contributed by atoms with E-state index in [-0.39, 0.29) is 18.2 Å². The largest absolute Gasteiger partial charge is 0.447 e. The number of fused-ring (bicyclic) bond motifs is 2. The quantitative estimate of drug-likeness (QED) is 0.274. The fraction of sp³-hybridized carbons (Fsp3) is 0.345. The molecular formula is C29H32ClFN8O3. The summed E-state index contributed by atoms with van der Waals surface area (Å²) in [5.41, 5.74) is 0.464. The Hall–Kier alpha value is -4.29. The lowest BCUT2D eigenvalue weighted by Crippen LogP contribution is -2.46. The molecule has 0 spiro atoms. The smallest absolute Gasteiger partial charge is 0.412 e. The molecule has 2 N–H and O–H groups in total. The molecule has 4 aromatic rings. The van der Waals surface area contributed by atoms with Gasteiger partial charge < -0.3 is 19.5 Å². The summed E-state index contributed by atoms with van der Waals surface area (Å²) in [5, 5.41) is 15.4. The Kier molecular flexibility index (Phi) is 9.45. The molecule has 0 bridgehead atoms. The first-order valence-corrected chi connectivity index (χ1v) is 14.1. The fourth-order valence-electron chi connectivity index (χ4n) is 4.86. The van der Waals surface area contributed by atoms with Gasteiger partial charge in [-0.3, -0.25) is 10.2 Å². The molecule has 0 fully saturated rings. The SMILES string of the molecule is CN(C(=O)NCc1cccc(F)c1Cl)[C@@H](CCCN1CCn2cnnc2C1)COC(=O)Nc1cc2ccccc2cn1. The number of nitrogens with one attached hydrogen (secondary N) is 2. The normalized spacial score (nSPS) is 13.8. The van der Waals surface area contributed by atoms with E-state index in [1.54, 1.807) is 31.7 Å². The predicted molar refractivity (Wildman–Crippen MR) is 156 cm³/mol. The van der Waals surface area contributed by atoms with Crippen LogP contribution in [-0.4, -0.2) is 74.5 Å². The van der Waals surface area contributed by atoms with Crippen molar-refractivity contribution in [2.45, 2.75) is 38.5 Å². The van der Waals surface area contributed by atoms with Crippen molar-refractivity contribution < 1.29 is 18.7 Å². The molecule has 220 valence electrons. The van der Waals surface area contributed by atoms with Crippen LogP contribution in [0.15, 0.2) is 61.1 Å².